The van der Waals surface area contributed by atoms with Crippen molar-refractivity contribution in [2.24, 2.45) is 5.41 Å². The van der Waals surface area contributed by atoms with E-state index >= 15 is 0 Å². The summed E-state index contributed by atoms with van der Waals surface area (Å²) in [5.74, 6) is -0.320. The third-order valence-corrected chi connectivity index (χ3v) is 1.74. The van der Waals surface area contributed by atoms with E-state index in [-0.39, 0.29) is 19.2 Å². The zero-order valence-corrected chi connectivity index (χ0v) is 10.3. The minimum absolute atomic E-state index is 0.0386. The van der Waals surface area contributed by atoms with Crippen molar-refractivity contribution < 1.29 is 19.4 Å². The first-order valence-corrected chi connectivity index (χ1v) is 5.16. The first-order chi connectivity index (χ1) is 6.69. The van der Waals surface area contributed by atoms with Crippen molar-refractivity contribution in [3.63, 3.8) is 0 Å². The lowest BCUT2D eigenvalue weighted by molar-refractivity contribution is -0.162. The molecule has 4 heteroatoms. The van der Waals surface area contributed by atoms with E-state index in [1.165, 1.54) is 0 Å². The molecule has 0 aliphatic carbocycles. The standard InChI is InChI=1S/C11H22O4/c1-6-14-7-11(5,13)8-15-9(12)10(2,3)4/h13H,6-8H2,1-5H3/t11-/m0/s1. The fourth-order valence-corrected chi connectivity index (χ4v) is 0.801. The van der Waals surface area contributed by atoms with E-state index in [1.54, 1.807) is 27.7 Å². The quantitative estimate of drug-likeness (QED) is 0.708. The van der Waals surface area contributed by atoms with Crippen LogP contribution in [0.15, 0.2) is 0 Å². The van der Waals surface area contributed by atoms with Crippen molar-refractivity contribution in [3.8, 4) is 0 Å². The SMILES string of the molecule is CCOC[C@](C)(O)COC(=O)C(C)(C)C. The Bertz CT molecular complexity index is 203. The van der Waals surface area contributed by atoms with Gasteiger partial charge in [0.2, 0.25) is 0 Å². The van der Waals surface area contributed by atoms with Gasteiger partial charge in [0.15, 0.2) is 0 Å². The van der Waals surface area contributed by atoms with Gasteiger partial charge in [0.25, 0.3) is 0 Å². The van der Waals surface area contributed by atoms with Crippen LogP contribution < -0.4 is 0 Å². The summed E-state index contributed by atoms with van der Waals surface area (Å²) in [7, 11) is 0. The molecule has 0 aromatic heterocycles. The topological polar surface area (TPSA) is 55.8 Å². The predicted octanol–water partition coefficient (Wildman–Crippen LogP) is 1.36. The predicted molar refractivity (Wildman–Crippen MR) is 57.5 cm³/mol. The van der Waals surface area contributed by atoms with Crippen molar-refractivity contribution in [2.75, 3.05) is 19.8 Å². The molecule has 0 saturated heterocycles. The van der Waals surface area contributed by atoms with E-state index in [1.807, 2.05) is 6.92 Å². The highest BCUT2D eigenvalue weighted by Crippen LogP contribution is 2.16. The molecule has 0 aromatic carbocycles. The normalized spacial score (nSPS) is 15.9. The van der Waals surface area contributed by atoms with E-state index in [9.17, 15) is 9.90 Å². The van der Waals surface area contributed by atoms with Gasteiger partial charge in [-0.3, -0.25) is 4.79 Å². The van der Waals surface area contributed by atoms with E-state index in [2.05, 4.69) is 0 Å². The van der Waals surface area contributed by atoms with E-state index in [0.29, 0.717) is 6.61 Å². The highest BCUT2D eigenvalue weighted by atomic mass is 16.6. The van der Waals surface area contributed by atoms with Crippen LogP contribution in [0.1, 0.15) is 34.6 Å². The molecule has 4 nitrogen and oxygen atoms in total. The summed E-state index contributed by atoms with van der Waals surface area (Å²) in [5, 5.41) is 9.76. The fourth-order valence-electron chi connectivity index (χ4n) is 0.801. The monoisotopic (exact) mass is 218 g/mol. The molecular weight excluding hydrogens is 196 g/mol. The molecule has 1 atom stereocenters. The Hall–Kier alpha value is -0.610. The summed E-state index contributed by atoms with van der Waals surface area (Å²) >= 11 is 0. The van der Waals surface area contributed by atoms with Crippen LogP contribution in [0.2, 0.25) is 0 Å². The number of hydrogen-bond donors (Lipinski definition) is 1. The number of hydrogen-bond acceptors (Lipinski definition) is 4. The smallest absolute Gasteiger partial charge is 0.311 e. The Morgan fingerprint density at radius 1 is 1.20 bits per heavy atom. The minimum atomic E-state index is -1.11. The van der Waals surface area contributed by atoms with Crippen LogP contribution >= 0.6 is 0 Å². The molecule has 0 heterocycles. The molecule has 0 radical (unpaired) electrons. The summed E-state index contributed by atoms with van der Waals surface area (Å²) in [6.07, 6.45) is 0. The van der Waals surface area contributed by atoms with Crippen LogP contribution in [0.5, 0.6) is 0 Å². The second-order valence-electron chi connectivity index (χ2n) is 4.96. The molecule has 0 unspecified atom stereocenters. The third-order valence-electron chi connectivity index (χ3n) is 1.74. The van der Waals surface area contributed by atoms with Crippen LogP contribution in [0.3, 0.4) is 0 Å². The summed E-state index contributed by atoms with van der Waals surface area (Å²) in [6.45, 7) is 9.40. The van der Waals surface area contributed by atoms with Gasteiger partial charge in [-0.2, -0.15) is 0 Å². The number of aliphatic hydroxyl groups is 1. The van der Waals surface area contributed by atoms with Crippen LogP contribution in [0.25, 0.3) is 0 Å². The molecule has 0 aliphatic heterocycles. The van der Waals surface area contributed by atoms with Crippen molar-refractivity contribution in [1.82, 2.24) is 0 Å². The maximum absolute atomic E-state index is 11.4. The van der Waals surface area contributed by atoms with Gasteiger partial charge in [0, 0.05) is 6.61 Å². The second-order valence-corrected chi connectivity index (χ2v) is 4.96. The third kappa shape index (κ3) is 6.47. The number of ether oxygens (including phenoxy) is 2. The largest absolute Gasteiger partial charge is 0.462 e. The van der Waals surface area contributed by atoms with Gasteiger partial charge in [-0.1, -0.05) is 0 Å². The number of carbonyl (C=O) groups excluding carboxylic acids is 1. The van der Waals surface area contributed by atoms with Gasteiger partial charge in [0.1, 0.15) is 12.2 Å². The van der Waals surface area contributed by atoms with E-state index < -0.39 is 11.0 Å². The van der Waals surface area contributed by atoms with Gasteiger partial charge in [-0.05, 0) is 34.6 Å². The van der Waals surface area contributed by atoms with E-state index in [0.717, 1.165) is 0 Å². The van der Waals surface area contributed by atoms with Gasteiger partial charge in [-0.25, -0.2) is 0 Å². The lowest BCUT2D eigenvalue weighted by Gasteiger charge is -2.25. The lowest BCUT2D eigenvalue weighted by Crippen LogP contribution is -2.38. The average molecular weight is 218 g/mol. The van der Waals surface area contributed by atoms with Crippen molar-refractivity contribution in [2.45, 2.75) is 40.2 Å². The Labute approximate surface area is 91.6 Å². The number of carbonyl (C=O) groups is 1. The molecule has 90 valence electrons. The average Bonchev–Trinajstić information content (AvgIpc) is 2.09. The van der Waals surface area contributed by atoms with Crippen LogP contribution in [-0.2, 0) is 14.3 Å². The van der Waals surface area contributed by atoms with Gasteiger partial charge < -0.3 is 14.6 Å². The maximum atomic E-state index is 11.4. The molecule has 0 bridgehead atoms. The first-order valence-electron chi connectivity index (χ1n) is 5.16. The van der Waals surface area contributed by atoms with Gasteiger partial charge in [-0.15, -0.1) is 0 Å². The highest BCUT2D eigenvalue weighted by molar-refractivity contribution is 5.75. The Kier molecular flexibility index (Phi) is 5.24. The zero-order chi connectivity index (χ0) is 12.1. The molecule has 0 amide bonds. The molecule has 0 aromatic rings. The Morgan fingerprint density at radius 3 is 2.13 bits per heavy atom. The summed E-state index contributed by atoms with van der Waals surface area (Å²) in [4.78, 5) is 11.4. The van der Waals surface area contributed by atoms with Crippen LogP contribution in [-0.4, -0.2) is 36.5 Å². The first kappa shape index (κ1) is 14.4. The molecule has 1 N–H and O–H groups in total. The summed E-state index contributed by atoms with van der Waals surface area (Å²) in [6, 6.07) is 0. The Morgan fingerprint density at radius 2 is 1.73 bits per heavy atom. The Balaban J connectivity index is 3.98. The number of rotatable bonds is 5. The molecular formula is C11H22O4. The van der Waals surface area contributed by atoms with Gasteiger partial charge >= 0.3 is 5.97 Å². The van der Waals surface area contributed by atoms with Crippen LogP contribution in [0.4, 0.5) is 0 Å². The van der Waals surface area contributed by atoms with Crippen molar-refractivity contribution >= 4 is 5.97 Å². The summed E-state index contributed by atoms with van der Waals surface area (Å²) < 4.78 is 10.1. The van der Waals surface area contributed by atoms with E-state index in [4.69, 9.17) is 9.47 Å². The maximum Gasteiger partial charge on any atom is 0.311 e. The lowest BCUT2D eigenvalue weighted by atomic mass is 9.97. The molecule has 0 spiro atoms. The molecule has 0 rings (SSSR count). The second kappa shape index (κ2) is 5.47. The summed E-state index contributed by atoms with van der Waals surface area (Å²) in [5.41, 5.74) is -1.65. The zero-order valence-electron chi connectivity index (χ0n) is 10.3. The van der Waals surface area contributed by atoms with Gasteiger partial charge in [0.05, 0.1) is 12.0 Å². The molecule has 0 aliphatic rings. The fraction of sp³-hybridized carbons (Fsp3) is 0.909. The molecule has 0 saturated carbocycles. The minimum Gasteiger partial charge on any atom is -0.462 e. The number of esters is 1. The molecule has 0 fully saturated rings. The molecule has 15 heavy (non-hydrogen) atoms. The van der Waals surface area contributed by atoms with Crippen molar-refractivity contribution in [3.05, 3.63) is 0 Å². The van der Waals surface area contributed by atoms with Crippen molar-refractivity contribution in [1.29, 1.82) is 0 Å². The highest BCUT2D eigenvalue weighted by Gasteiger charge is 2.28. The van der Waals surface area contributed by atoms with Crippen LogP contribution in [0, 0.1) is 5.41 Å².